The molecule has 0 amide bonds. The van der Waals surface area contributed by atoms with Gasteiger partial charge in [-0.3, -0.25) is 19.9 Å². The Morgan fingerprint density at radius 3 is 2.49 bits per heavy atom. The molecule has 2 heterocycles. The number of nitro benzene ring substituents is 1. The highest BCUT2D eigenvalue weighted by Crippen LogP contribution is 2.38. The lowest BCUT2D eigenvalue weighted by atomic mass is 9.97. The molecule has 1 aromatic heterocycles. The van der Waals surface area contributed by atoms with E-state index in [2.05, 4.69) is 0 Å². The van der Waals surface area contributed by atoms with Gasteiger partial charge in [0.15, 0.2) is 0 Å². The molecular weight excluding hydrogens is 444 g/mol. The lowest BCUT2D eigenvalue weighted by Gasteiger charge is -2.23. The zero-order valence-corrected chi connectivity index (χ0v) is 19.2. The van der Waals surface area contributed by atoms with Crippen molar-refractivity contribution in [2.45, 2.75) is 25.9 Å². The fraction of sp³-hybridized carbons (Fsp3) is 0.185. The molecule has 0 bridgehead atoms. The number of carbonyl (C=O) groups is 1. The summed E-state index contributed by atoms with van der Waals surface area (Å²) in [4.78, 5) is 22.9. The highest BCUT2D eigenvalue weighted by molar-refractivity contribution is 6.12. The molecule has 4 aromatic rings. The summed E-state index contributed by atoms with van der Waals surface area (Å²) in [6.07, 6.45) is 2.57. The number of carbonyl (C=O) groups excluding carboxylic acids is 1. The number of fused-ring (bicyclic) bond motifs is 1. The van der Waals surface area contributed by atoms with Crippen molar-refractivity contribution in [3.8, 4) is 0 Å². The van der Waals surface area contributed by atoms with Crippen LogP contribution in [0.1, 0.15) is 30.5 Å². The number of para-hydroxylation sites is 2. The van der Waals surface area contributed by atoms with E-state index in [4.69, 9.17) is 9.84 Å². The van der Waals surface area contributed by atoms with Crippen LogP contribution in [-0.2, 0) is 16.1 Å². The summed E-state index contributed by atoms with van der Waals surface area (Å²) in [5, 5.41) is 19.1. The molecule has 1 unspecified atom stereocenters. The van der Waals surface area contributed by atoms with Gasteiger partial charge < -0.3 is 9.30 Å². The molecule has 0 N–H and O–H groups in total. The van der Waals surface area contributed by atoms with Crippen LogP contribution in [0.15, 0.2) is 90.2 Å². The number of hydrogen-bond donors (Lipinski definition) is 0. The van der Waals surface area contributed by atoms with Gasteiger partial charge in [-0.05, 0) is 30.7 Å². The van der Waals surface area contributed by atoms with Crippen molar-refractivity contribution in [1.82, 2.24) is 4.57 Å². The fourth-order valence-electron chi connectivity index (χ4n) is 4.52. The third-order valence-electron chi connectivity index (χ3n) is 6.12. The number of rotatable bonds is 7. The summed E-state index contributed by atoms with van der Waals surface area (Å²) >= 11 is 0. The van der Waals surface area contributed by atoms with E-state index in [9.17, 15) is 14.9 Å². The SMILES string of the molecule is CCOC(=O)Cn1cc(C2=NN(c3ccccc3)C(c3ccc([N+](=O)[O-])cc3)C2)c2ccccc21. The van der Waals surface area contributed by atoms with Crippen molar-refractivity contribution in [3.63, 3.8) is 0 Å². The van der Waals surface area contributed by atoms with Crippen molar-refractivity contribution in [2.75, 3.05) is 11.6 Å². The number of benzene rings is 3. The number of aromatic nitrogens is 1. The van der Waals surface area contributed by atoms with Crippen LogP contribution in [0.3, 0.4) is 0 Å². The second-order valence-corrected chi connectivity index (χ2v) is 8.29. The van der Waals surface area contributed by atoms with Crippen LogP contribution in [0, 0.1) is 10.1 Å². The fourth-order valence-corrected chi connectivity index (χ4v) is 4.52. The summed E-state index contributed by atoms with van der Waals surface area (Å²) in [5.74, 6) is -0.289. The zero-order valence-electron chi connectivity index (χ0n) is 19.2. The molecule has 1 atom stereocenters. The second kappa shape index (κ2) is 9.42. The maximum absolute atomic E-state index is 12.2. The van der Waals surface area contributed by atoms with Gasteiger partial charge >= 0.3 is 5.97 Å². The van der Waals surface area contributed by atoms with Crippen molar-refractivity contribution in [3.05, 3.63) is 106 Å². The monoisotopic (exact) mass is 468 g/mol. The summed E-state index contributed by atoms with van der Waals surface area (Å²) in [5.41, 5.74) is 4.70. The van der Waals surface area contributed by atoms with Crippen LogP contribution in [-0.4, -0.2) is 27.8 Å². The highest BCUT2D eigenvalue weighted by Gasteiger charge is 2.31. The molecule has 5 rings (SSSR count). The van der Waals surface area contributed by atoms with E-state index in [-0.39, 0.29) is 24.2 Å². The number of esters is 1. The molecule has 0 saturated heterocycles. The van der Waals surface area contributed by atoms with E-state index >= 15 is 0 Å². The molecule has 176 valence electrons. The van der Waals surface area contributed by atoms with E-state index in [1.54, 1.807) is 19.1 Å². The number of non-ortho nitro benzene ring substituents is 1. The average Bonchev–Trinajstić information content (AvgIpc) is 3.47. The normalized spacial score (nSPS) is 15.3. The minimum atomic E-state index is -0.395. The molecule has 1 aliphatic heterocycles. The molecule has 8 nitrogen and oxygen atoms in total. The van der Waals surface area contributed by atoms with Crippen molar-refractivity contribution in [1.29, 1.82) is 0 Å². The first kappa shape index (κ1) is 22.3. The van der Waals surface area contributed by atoms with Crippen LogP contribution >= 0.6 is 0 Å². The number of nitrogens with zero attached hydrogens (tertiary/aromatic N) is 4. The maximum Gasteiger partial charge on any atom is 0.325 e. The van der Waals surface area contributed by atoms with Crippen molar-refractivity contribution in [2.24, 2.45) is 5.10 Å². The van der Waals surface area contributed by atoms with E-state index in [0.717, 1.165) is 33.4 Å². The number of anilines is 1. The molecule has 0 spiro atoms. The lowest BCUT2D eigenvalue weighted by Crippen LogP contribution is -2.18. The third kappa shape index (κ3) is 4.38. The Morgan fingerprint density at radius 2 is 1.77 bits per heavy atom. The van der Waals surface area contributed by atoms with Gasteiger partial charge in [0.25, 0.3) is 5.69 Å². The molecule has 0 saturated carbocycles. The summed E-state index contributed by atoms with van der Waals surface area (Å²) in [6.45, 7) is 2.25. The smallest absolute Gasteiger partial charge is 0.325 e. The quantitative estimate of drug-likeness (QED) is 0.204. The van der Waals surface area contributed by atoms with Gasteiger partial charge in [-0.2, -0.15) is 5.10 Å². The summed E-state index contributed by atoms with van der Waals surface area (Å²) in [7, 11) is 0. The number of nitro groups is 1. The van der Waals surface area contributed by atoms with Gasteiger partial charge in [0, 0.05) is 41.2 Å². The molecule has 3 aromatic carbocycles. The van der Waals surface area contributed by atoms with Crippen LogP contribution < -0.4 is 5.01 Å². The van der Waals surface area contributed by atoms with Gasteiger partial charge in [-0.15, -0.1) is 0 Å². The summed E-state index contributed by atoms with van der Waals surface area (Å²) < 4.78 is 7.06. The van der Waals surface area contributed by atoms with E-state index in [0.29, 0.717) is 13.0 Å². The minimum Gasteiger partial charge on any atom is -0.465 e. The van der Waals surface area contributed by atoms with Crippen LogP contribution in [0.2, 0.25) is 0 Å². The Morgan fingerprint density at radius 1 is 1.06 bits per heavy atom. The van der Waals surface area contributed by atoms with Crippen LogP contribution in [0.4, 0.5) is 11.4 Å². The van der Waals surface area contributed by atoms with Gasteiger partial charge in [0.2, 0.25) is 0 Å². The number of hydrogen-bond acceptors (Lipinski definition) is 6. The minimum absolute atomic E-state index is 0.0567. The van der Waals surface area contributed by atoms with E-state index < -0.39 is 4.92 Å². The average molecular weight is 469 g/mol. The first-order valence-electron chi connectivity index (χ1n) is 11.4. The first-order chi connectivity index (χ1) is 17.0. The van der Waals surface area contributed by atoms with Crippen LogP contribution in [0.25, 0.3) is 10.9 Å². The molecule has 35 heavy (non-hydrogen) atoms. The first-order valence-corrected chi connectivity index (χ1v) is 11.4. The zero-order chi connectivity index (χ0) is 24.4. The Hall–Kier alpha value is -4.46. The molecule has 0 radical (unpaired) electrons. The van der Waals surface area contributed by atoms with E-state index in [1.807, 2.05) is 70.4 Å². The van der Waals surface area contributed by atoms with Crippen LogP contribution in [0.5, 0.6) is 0 Å². The Bertz CT molecular complexity index is 1410. The topological polar surface area (TPSA) is 90.0 Å². The Labute approximate surface area is 202 Å². The lowest BCUT2D eigenvalue weighted by molar-refractivity contribution is -0.384. The largest absolute Gasteiger partial charge is 0.465 e. The Kier molecular flexibility index (Phi) is 6.01. The molecule has 8 heteroatoms. The standard InChI is InChI=1S/C27H24N4O4/c1-2-35-27(32)18-29-17-23(22-10-6-7-11-25(22)29)24-16-26(19-12-14-21(15-13-19)31(33)34)30(28-24)20-8-4-3-5-9-20/h3-15,17,26H,2,16,18H2,1H3. The number of ether oxygens (including phenoxy) is 1. The Balaban J connectivity index is 1.56. The van der Waals surface area contributed by atoms with Crippen molar-refractivity contribution >= 4 is 34.0 Å². The second-order valence-electron chi connectivity index (χ2n) is 8.29. The maximum atomic E-state index is 12.2. The highest BCUT2D eigenvalue weighted by atomic mass is 16.6. The summed E-state index contributed by atoms with van der Waals surface area (Å²) in [6, 6.07) is 24.3. The van der Waals surface area contributed by atoms with Gasteiger partial charge in [0.1, 0.15) is 6.54 Å². The molecular formula is C27H24N4O4. The molecule has 0 fully saturated rings. The van der Waals surface area contributed by atoms with Gasteiger partial charge in [0.05, 0.1) is 29.0 Å². The number of hydrazone groups is 1. The predicted octanol–water partition coefficient (Wildman–Crippen LogP) is 5.47. The molecule has 0 aliphatic carbocycles. The van der Waals surface area contributed by atoms with E-state index in [1.165, 1.54) is 12.1 Å². The van der Waals surface area contributed by atoms with Crippen molar-refractivity contribution < 1.29 is 14.5 Å². The third-order valence-corrected chi connectivity index (χ3v) is 6.12. The predicted molar refractivity (Wildman–Crippen MR) is 134 cm³/mol. The van der Waals surface area contributed by atoms with Gasteiger partial charge in [-0.1, -0.05) is 48.5 Å². The molecule has 1 aliphatic rings. The van der Waals surface area contributed by atoms with Gasteiger partial charge in [-0.25, -0.2) is 0 Å².